The first kappa shape index (κ1) is 19.8. The van der Waals surface area contributed by atoms with Gasteiger partial charge in [-0.25, -0.2) is 9.59 Å². The number of ether oxygens (including phenoxy) is 1. The lowest BCUT2D eigenvalue weighted by atomic mass is 9.95. The van der Waals surface area contributed by atoms with Crippen molar-refractivity contribution < 1.29 is 24.5 Å². The Hall–Kier alpha value is -2.53. The van der Waals surface area contributed by atoms with Crippen molar-refractivity contribution in [3.05, 3.63) is 63.7 Å². The average Bonchev–Trinajstić information content (AvgIpc) is 2.60. The summed E-state index contributed by atoms with van der Waals surface area (Å²) in [6, 6.07) is 9.64. The molecular formula is C20H21ClO5. The van der Waals surface area contributed by atoms with E-state index in [-0.39, 0.29) is 17.5 Å². The summed E-state index contributed by atoms with van der Waals surface area (Å²) in [7, 11) is 0. The molecule has 0 aromatic heterocycles. The van der Waals surface area contributed by atoms with Gasteiger partial charge in [0.2, 0.25) is 0 Å². The summed E-state index contributed by atoms with van der Waals surface area (Å²) in [5.74, 6) is -1.60. The molecule has 0 saturated carbocycles. The molecule has 0 spiro atoms. The van der Waals surface area contributed by atoms with Gasteiger partial charge in [0.15, 0.2) is 0 Å². The van der Waals surface area contributed by atoms with Gasteiger partial charge in [-0.05, 0) is 54.7 Å². The molecule has 2 N–H and O–H groups in total. The Labute approximate surface area is 157 Å². The molecule has 0 aliphatic heterocycles. The van der Waals surface area contributed by atoms with Gasteiger partial charge in [-0.3, -0.25) is 0 Å². The van der Waals surface area contributed by atoms with Crippen molar-refractivity contribution in [1.29, 1.82) is 0 Å². The Morgan fingerprint density at radius 1 is 1.04 bits per heavy atom. The van der Waals surface area contributed by atoms with Crippen LogP contribution in [-0.4, -0.2) is 28.8 Å². The van der Waals surface area contributed by atoms with Gasteiger partial charge in [0.25, 0.3) is 0 Å². The zero-order valence-electron chi connectivity index (χ0n) is 14.5. The minimum absolute atomic E-state index is 0.000501. The Bertz CT molecular complexity index is 769. The number of hydrogen-bond acceptors (Lipinski definition) is 3. The molecule has 0 bridgehead atoms. The van der Waals surface area contributed by atoms with Crippen LogP contribution in [0.25, 0.3) is 0 Å². The molecule has 0 atom stereocenters. The summed E-state index contributed by atoms with van der Waals surface area (Å²) in [5, 5.41) is 19.2. The van der Waals surface area contributed by atoms with E-state index in [9.17, 15) is 19.8 Å². The molecule has 0 unspecified atom stereocenters. The van der Waals surface area contributed by atoms with Crippen LogP contribution < -0.4 is 4.74 Å². The first-order chi connectivity index (χ1) is 12.4. The van der Waals surface area contributed by atoms with Crippen molar-refractivity contribution in [1.82, 2.24) is 0 Å². The molecule has 6 heteroatoms. The van der Waals surface area contributed by atoms with E-state index in [2.05, 4.69) is 6.92 Å². The largest absolute Gasteiger partial charge is 0.494 e. The Morgan fingerprint density at radius 3 is 2.23 bits per heavy atom. The Balaban J connectivity index is 2.18. The number of unbranched alkanes of at least 4 members (excludes halogenated alkanes) is 1. The molecule has 0 saturated heterocycles. The number of carboxylic acid groups (broad SMARTS) is 2. The van der Waals surface area contributed by atoms with Crippen molar-refractivity contribution in [3.8, 4) is 5.75 Å². The molecule has 0 amide bonds. The van der Waals surface area contributed by atoms with Crippen LogP contribution in [0.1, 0.15) is 51.6 Å². The second kappa shape index (κ2) is 9.25. The summed E-state index contributed by atoms with van der Waals surface area (Å²) in [4.78, 5) is 22.8. The number of carboxylic acids is 2. The lowest BCUT2D eigenvalue weighted by molar-refractivity contribution is 0.0695. The van der Waals surface area contributed by atoms with Crippen molar-refractivity contribution in [2.75, 3.05) is 6.61 Å². The van der Waals surface area contributed by atoms with Crippen LogP contribution in [0, 0.1) is 0 Å². The van der Waals surface area contributed by atoms with Gasteiger partial charge in [-0.15, -0.1) is 0 Å². The summed E-state index contributed by atoms with van der Waals surface area (Å²) < 4.78 is 5.61. The quantitative estimate of drug-likeness (QED) is 0.619. The van der Waals surface area contributed by atoms with E-state index >= 15 is 0 Å². The van der Waals surface area contributed by atoms with E-state index in [1.165, 1.54) is 18.2 Å². The third-order valence-electron chi connectivity index (χ3n) is 4.07. The van der Waals surface area contributed by atoms with Crippen LogP contribution >= 0.6 is 11.6 Å². The van der Waals surface area contributed by atoms with E-state index in [0.717, 1.165) is 18.4 Å². The summed E-state index contributed by atoms with van der Waals surface area (Å²) in [6.45, 7) is 2.71. The van der Waals surface area contributed by atoms with E-state index in [4.69, 9.17) is 16.3 Å². The number of rotatable bonds is 9. The molecule has 0 heterocycles. The zero-order chi connectivity index (χ0) is 19.1. The van der Waals surface area contributed by atoms with Crippen LogP contribution in [0.2, 0.25) is 5.02 Å². The third kappa shape index (κ3) is 4.99. The highest BCUT2D eigenvalue weighted by atomic mass is 35.5. The number of hydrogen-bond donors (Lipinski definition) is 2. The Morgan fingerprint density at radius 2 is 1.69 bits per heavy atom. The van der Waals surface area contributed by atoms with E-state index in [1.54, 1.807) is 6.07 Å². The third-order valence-corrected chi connectivity index (χ3v) is 4.42. The van der Waals surface area contributed by atoms with Gasteiger partial charge >= 0.3 is 11.9 Å². The Kier molecular flexibility index (Phi) is 7.04. The first-order valence-electron chi connectivity index (χ1n) is 8.43. The smallest absolute Gasteiger partial charge is 0.335 e. The number of halogens is 1. The zero-order valence-corrected chi connectivity index (χ0v) is 15.3. The van der Waals surface area contributed by atoms with Crippen LogP contribution in [0.3, 0.4) is 0 Å². The molecule has 26 heavy (non-hydrogen) atoms. The van der Waals surface area contributed by atoms with Gasteiger partial charge in [0.05, 0.1) is 17.7 Å². The van der Waals surface area contributed by atoms with Crippen molar-refractivity contribution >= 4 is 23.5 Å². The van der Waals surface area contributed by atoms with E-state index < -0.39 is 11.9 Å². The molecule has 0 fully saturated rings. The van der Waals surface area contributed by atoms with Gasteiger partial charge in [0, 0.05) is 5.02 Å². The molecule has 0 aliphatic rings. The summed E-state index contributed by atoms with van der Waals surface area (Å²) in [5.41, 5.74) is 1.11. The molecule has 2 aromatic rings. The van der Waals surface area contributed by atoms with Crippen LogP contribution in [-0.2, 0) is 12.8 Å². The molecule has 5 nitrogen and oxygen atoms in total. The highest BCUT2D eigenvalue weighted by Crippen LogP contribution is 2.25. The van der Waals surface area contributed by atoms with Crippen LogP contribution in [0.5, 0.6) is 5.75 Å². The number of aromatic carboxylic acids is 2. The van der Waals surface area contributed by atoms with Gasteiger partial charge < -0.3 is 14.9 Å². The molecule has 0 radical (unpaired) electrons. The van der Waals surface area contributed by atoms with Crippen LogP contribution in [0.15, 0.2) is 36.4 Å². The number of carbonyl (C=O) groups is 2. The van der Waals surface area contributed by atoms with Gasteiger partial charge in [0.1, 0.15) is 5.75 Å². The molecule has 138 valence electrons. The lowest BCUT2D eigenvalue weighted by Crippen LogP contribution is -2.11. The fourth-order valence-electron chi connectivity index (χ4n) is 2.67. The predicted molar refractivity (Wildman–Crippen MR) is 99.6 cm³/mol. The van der Waals surface area contributed by atoms with E-state index in [0.29, 0.717) is 29.4 Å². The standard InChI is InChI=1S/C20H21ClO5/c1-2-3-11-26-14-9-7-13(18(21)12-14)8-10-15-16(19(22)23)5-4-6-17(15)20(24)25/h4-7,9,12H,2-3,8,10-11H2,1H3,(H,22,23)(H,24,25). The predicted octanol–water partition coefficient (Wildman–Crippen LogP) is 4.70. The van der Waals surface area contributed by atoms with Crippen molar-refractivity contribution in [2.45, 2.75) is 32.6 Å². The fraction of sp³-hybridized carbons (Fsp3) is 0.300. The normalized spacial score (nSPS) is 10.5. The van der Waals surface area contributed by atoms with E-state index in [1.807, 2.05) is 12.1 Å². The lowest BCUT2D eigenvalue weighted by Gasteiger charge is -2.12. The SMILES string of the molecule is CCCCOc1ccc(CCc2c(C(=O)O)cccc2C(=O)O)c(Cl)c1. The maximum absolute atomic E-state index is 11.4. The molecule has 2 rings (SSSR count). The molecule has 0 aliphatic carbocycles. The number of aryl methyl sites for hydroxylation is 1. The maximum atomic E-state index is 11.4. The summed E-state index contributed by atoms with van der Waals surface area (Å²) in [6.07, 6.45) is 2.70. The van der Waals surface area contributed by atoms with Crippen LogP contribution in [0.4, 0.5) is 0 Å². The topological polar surface area (TPSA) is 83.8 Å². The fourth-order valence-corrected chi connectivity index (χ4v) is 2.94. The van der Waals surface area contributed by atoms with Crippen molar-refractivity contribution in [2.24, 2.45) is 0 Å². The first-order valence-corrected chi connectivity index (χ1v) is 8.81. The second-order valence-corrected chi connectivity index (χ2v) is 6.30. The number of benzene rings is 2. The molecule has 2 aromatic carbocycles. The van der Waals surface area contributed by atoms with Crippen molar-refractivity contribution in [3.63, 3.8) is 0 Å². The maximum Gasteiger partial charge on any atom is 0.335 e. The minimum Gasteiger partial charge on any atom is -0.494 e. The molecular weight excluding hydrogens is 356 g/mol. The highest BCUT2D eigenvalue weighted by molar-refractivity contribution is 6.31. The highest BCUT2D eigenvalue weighted by Gasteiger charge is 2.18. The van der Waals surface area contributed by atoms with Gasteiger partial charge in [-0.2, -0.15) is 0 Å². The second-order valence-electron chi connectivity index (χ2n) is 5.90. The minimum atomic E-state index is -1.14. The summed E-state index contributed by atoms with van der Waals surface area (Å²) >= 11 is 6.30. The monoisotopic (exact) mass is 376 g/mol. The van der Waals surface area contributed by atoms with Gasteiger partial charge in [-0.1, -0.05) is 37.1 Å². The average molecular weight is 377 g/mol.